The van der Waals surface area contributed by atoms with Gasteiger partial charge >= 0.3 is 0 Å². The van der Waals surface area contributed by atoms with Crippen LogP contribution in [0.2, 0.25) is 0 Å². The molecule has 0 unspecified atom stereocenters. The summed E-state index contributed by atoms with van der Waals surface area (Å²) in [6, 6.07) is 7.44. The van der Waals surface area contributed by atoms with E-state index < -0.39 is 31.8 Å². The van der Waals surface area contributed by atoms with Gasteiger partial charge in [0, 0.05) is 11.3 Å². The molecular formula is C16H18FN3O5S2. The minimum Gasteiger partial charge on any atom is -0.322 e. The monoisotopic (exact) mass is 415 g/mol. The lowest BCUT2D eigenvalue weighted by molar-refractivity contribution is 0.102. The molecule has 0 aliphatic heterocycles. The van der Waals surface area contributed by atoms with Gasteiger partial charge < -0.3 is 5.32 Å². The number of nitrogens with one attached hydrogen (secondary N) is 3. The third-order valence-electron chi connectivity index (χ3n) is 3.55. The van der Waals surface area contributed by atoms with Crippen LogP contribution in [-0.2, 0) is 20.0 Å². The first-order valence-corrected chi connectivity index (χ1v) is 10.9. The second-order valence-corrected chi connectivity index (χ2v) is 9.34. The molecule has 8 nitrogen and oxygen atoms in total. The largest absolute Gasteiger partial charge is 0.322 e. The molecule has 0 aliphatic carbocycles. The average molecular weight is 415 g/mol. The van der Waals surface area contributed by atoms with E-state index in [1.54, 1.807) is 6.92 Å². The van der Waals surface area contributed by atoms with Crippen molar-refractivity contribution in [1.29, 1.82) is 0 Å². The van der Waals surface area contributed by atoms with Crippen molar-refractivity contribution in [2.75, 3.05) is 23.3 Å². The molecule has 0 bridgehead atoms. The summed E-state index contributed by atoms with van der Waals surface area (Å²) in [6.45, 7) is 1.63. The Labute approximate surface area is 156 Å². The number of benzene rings is 2. The number of hydrogen-bond donors (Lipinski definition) is 3. The summed E-state index contributed by atoms with van der Waals surface area (Å²) in [5.74, 6) is -1.44. The molecule has 1 amide bonds. The highest BCUT2D eigenvalue weighted by Gasteiger charge is 2.17. The number of carbonyl (C=O) groups excluding carboxylic acids is 1. The summed E-state index contributed by atoms with van der Waals surface area (Å²) in [4.78, 5) is 12.4. The van der Waals surface area contributed by atoms with E-state index in [-0.39, 0.29) is 21.8 Å². The van der Waals surface area contributed by atoms with Crippen LogP contribution in [0.5, 0.6) is 0 Å². The van der Waals surface area contributed by atoms with Crippen LogP contribution in [0, 0.1) is 12.7 Å². The summed E-state index contributed by atoms with van der Waals surface area (Å²) in [6.07, 6.45) is 0.870. The van der Waals surface area contributed by atoms with Gasteiger partial charge in [0.25, 0.3) is 5.91 Å². The maximum Gasteiger partial charge on any atom is 0.255 e. The molecule has 2 aromatic rings. The zero-order valence-electron chi connectivity index (χ0n) is 14.7. The van der Waals surface area contributed by atoms with Crippen LogP contribution in [0.4, 0.5) is 15.8 Å². The first kappa shape index (κ1) is 20.8. The number of sulfonamides is 2. The Bertz CT molecular complexity index is 1100. The highest BCUT2D eigenvalue weighted by Crippen LogP contribution is 2.22. The van der Waals surface area contributed by atoms with Crippen LogP contribution in [0.15, 0.2) is 41.3 Å². The molecule has 146 valence electrons. The Morgan fingerprint density at radius 3 is 2.30 bits per heavy atom. The summed E-state index contributed by atoms with van der Waals surface area (Å²) in [5, 5.41) is 2.49. The number of halogens is 1. The quantitative estimate of drug-likeness (QED) is 0.663. The third-order valence-corrected chi connectivity index (χ3v) is 5.55. The van der Waals surface area contributed by atoms with Crippen molar-refractivity contribution in [2.45, 2.75) is 11.8 Å². The van der Waals surface area contributed by atoms with E-state index in [1.807, 2.05) is 4.72 Å². The molecule has 0 fully saturated rings. The molecule has 0 spiro atoms. The summed E-state index contributed by atoms with van der Waals surface area (Å²) in [5.41, 5.74) is 0.444. The van der Waals surface area contributed by atoms with Crippen LogP contribution in [0.1, 0.15) is 15.9 Å². The predicted octanol–water partition coefficient (Wildman–Crippen LogP) is 1.67. The summed E-state index contributed by atoms with van der Waals surface area (Å²) in [7, 11) is -6.18. The van der Waals surface area contributed by atoms with Gasteiger partial charge in [0.05, 0.1) is 16.8 Å². The SMILES string of the molecule is CNS(=O)(=O)c1ccc(C)c(C(=O)Nc2ccc(F)c(NS(C)(=O)=O)c2)c1. The molecule has 0 saturated heterocycles. The van der Waals surface area contributed by atoms with Gasteiger partial charge in [-0.25, -0.2) is 25.9 Å². The molecule has 27 heavy (non-hydrogen) atoms. The highest BCUT2D eigenvalue weighted by molar-refractivity contribution is 7.92. The second kappa shape index (κ2) is 7.62. The van der Waals surface area contributed by atoms with Crippen molar-refractivity contribution in [3.05, 3.63) is 53.3 Å². The van der Waals surface area contributed by atoms with Gasteiger partial charge in [0.1, 0.15) is 5.82 Å². The smallest absolute Gasteiger partial charge is 0.255 e. The van der Waals surface area contributed by atoms with Gasteiger partial charge in [-0.05, 0) is 49.9 Å². The number of rotatable bonds is 6. The number of hydrogen-bond acceptors (Lipinski definition) is 5. The molecule has 0 aliphatic rings. The lowest BCUT2D eigenvalue weighted by atomic mass is 10.1. The molecule has 3 N–H and O–H groups in total. The van der Waals surface area contributed by atoms with Gasteiger partial charge in [-0.2, -0.15) is 0 Å². The topological polar surface area (TPSA) is 121 Å². The van der Waals surface area contributed by atoms with Crippen LogP contribution in [0.3, 0.4) is 0 Å². The Morgan fingerprint density at radius 2 is 1.70 bits per heavy atom. The lowest BCUT2D eigenvalue weighted by Gasteiger charge is -2.12. The van der Waals surface area contributed by atoms with Crippen LogP contribution >= 0.6 is 0 Å². The standard InChI is InChI=1S/C16H18FN3O5S2/c1-10-4-6-12(27(24,25)18-2)9-13(10)16(21)19-11-5-7-14(17)15(8-11)20-26(3,22)23/h4-9,18,20H,1-3H3,(H,19,21). The van der Waals surface area contributed by atoms with Crippen molar-refractivity contribution in [1.82, 2.24) is 4.72 Å². The van der Waals surface area contributed by atoms with E-state index in [4.69, 9.17) is 0 Å². The van der Waals surface area contributed by atoms with E-state index in [0.717, 1.165) is 18.4 Å². The zero-order chi connectivity index (χ0) is 20.4. The third kappa shape index (κ3) is 5.25. The zero-order valence-corrected chi connectivity index (χ0v) is 16.3. The van der Waals surface area contributed by atoms with E-state index in [2.05, 4.69) is 10.0 Å². The minimum atomic E-state index is -3.73. The first-order chi connectivity index (χ1) is 12.4. The summed E-state index contributed by atoms with van der Waals surface area (Å²) < 4.78 is 64.3. The molecule has 0 saturated carbocycles. The summed E-state index contributed by atoms with van der Waals surface area (Å²) >= 11 is 0. The molecule has 11 heteroatoms. The fraction of sp³-hybridized carbons (Fsp3) is 0.188. The minimum absolute atomic E-state index is 0.0840. The van der Waals surface area contributed by atoms with Gasteiger partial charge in [0.2, 0.25) is 20.0 Å². The fourth-order valence-electron chi connectivity index (χ4n) is 2.21. The average Bonchev–Trinajstić information content (AvgIpc) is 2.56. The van der Waals surface area contributed by atoms with Crippen LogP contribution in [0.25, 0.3) is 0 Å². The van der Waals surface area contributed by atoms with Crippen molar-refractivity contribution in [2.24, 2.45) is 0 Å². The van der Waals surface area contributed by atoms with E-state index >= 15 is 0 Å². The Balaban J connectivity index is 2.35. The first-order valence-electron chi connectivity index (χ1n) is 7.56. The molecule has 0 atom stereocenters. The van der Waals surface area contributed by atoms with Gasteiger partial charge in [-0.1, -0.05) is 6.07 Å². The number of carbonyl (C=O) groups is 1. The van der Waals surface area contributed by atoms with Crippen LogP contribution in [-0.4, -0.2) is 36.0 Å². The van der Waals surface area contributed by atoms with Gasteiger partial charge in [-0.15, -0.1) is 0 Å². The van der Waals surface area contributed by atoms with Crippen molar-refractivity contribution in [3.8, 4) is 0 Å². The van der Waals surface area contributed by atoms with Gasteiger partial charge in [-0.3, -0.25) is 9.52 Å². The fourth-order valence-corrected chi connectivity index (χ4v) is 3.52. The predicted molar refractivity (Wildman–Crippen MR) is 100 cm³/mol. The van der Waals surface area contributed by atoms with Crippen molar-refractivity contribution in [3.63, 3.8) is 0 Å². The molecule has 0 heterocycles. The lowest BCUT2D eigenvalue weighted by Crippen LogP contribution is -2.20. The number of amides is 1. The van der Waals surface area contributed by atoms with E-state index in [0.29, 0.717) is 5.56 Å². The number of aryl methyl sites for hydroxylation is 1. The van der Waals surface area contributed by atoms with Crippen LogP contribution < -0.4 is 14.8 Å². The number of anilines is 2. The molecule has 2 aromatic carbocycles. The van der Waals surface area contributed by atoms with Gasteiger partial charge in [0.15, 0.2) is 0 Å². The Morgan fingerprint density at radius 1 is 1.04 bits per heavy atom. The van der Waals surface area contributed by atoms with E-state index in [9.17, 15) is 26.0 Å². The van der Waals surface area contributed by atoms with Crippen molar-refractivity contribution >= 4 is 37.3 Å². The van der Waals surface area contributed by atoms with Crippen molar-refractivity contribution < 1.29 is 26.0 Å². The molecule has 0 aromatic heterocycles. The molecule has 0 radical (unpaired) electrons. The molecule has 2 rings (SSSR count). The normalized spacial score (nSPS) is 11.9. The Kier molecular flexibility index (Phi) is 5.88. The molecular weight excluding hydrogens is 397 g/mol. The van der Waals surface area contributed by atoms with E-state index in [1.165, 1.54) is 31.3 Å². The maximum absolute atomic E-state index is 13.7. The highest BCUT2D eigenvalue weighted by atomic mass is 32.2. The Hall–Kier alpha value is -2.50. The second-order valence-electron chi connectivity index (χ2n) is 5.71. The maximum atomic E-state index is 13.7.